The lowest BCUT2D eigenvalue weighted by Crippen LogP contribution is -2.00. The Morgan fingerprint density at radius 3 is 2.35 bits per heavy atom. The second kappa shape index (κ2) is 6.39. The highest BCUT2D eigenvalue weighted by Gasteiger charge is 2.15. The molecule has 0 saturated carbocycles. The summed E-state index contributed by atoms with van der Waals surface area (Å²) < 4.78 is 3.29. The molecule has 112 valence electrons. The van der Waals surface area contributed by atoms with Crippen molar-refractivity contribution in [2.45, 2.75) is 19.9 Å². The molecule has 0 bridgehead atoms. The standard InChI is InChI=1S/C18H13IN4/c1-2-7-23-17-9-14(11-21)13(10-20)8-16(17)22-18(23)12-3-5-15(19)6-4-12/h3-6,8-9H,2,7H2,1H3. The fraction of sp³-hybridized carbons (Fsp3) is 0.167. The number of halogens is 1. The molecule has 0 saturated heterocycles. The van der Waals surface area contributed by atoms with Gasteiger partial charge in [0, 0.05) is 15.7 Å². The number of nitriles is 2. The smallest absolute Gasteiger partial charge is 0.141 e. The molecule has 5 heteroatoms. The SMILES string of the molecule is CCCn1c(-c2ccc(I)cc2)nc2cc(C#N)c(C#N)cc21. The lowest BCUT2D eigenvalue weighted by atomic mass is 10.1. The Labute approximate surface area is 148 Å². The van der Waals surface area contributed by atoms with E-state index in [1.165, 1.54) is 3.57 Å². The van der Waals surface area contributed by atoms with Crippen molar-refractivity contribution in [2.75, 3.05) is 0 Å². The number of hydrogen-bond donors (Lipinski definition) is 0. The summed E-state index contributed by atoms with van der Waals surface area (Å²) in [4.78, 5) is 4.72. The summed E-state index contributed by atoms with van der Waals surface area (Å²) in [5.74, 6) is 0.872. The molecular weight excluding hydrogens is 399 g/mol. The first kappa shape index (κ1) is 15.5. The van der Waals surface area contributed by atoms with Gasteiger partial charge in [-0.1, -0.05) is 19.1 Å². The average molecular weight is 412 g/mol. The van der Waals surface area contributed by atoms with E-state index in [0.717, 1.165) is 35.4 Å². The molecule has 23 heavy (non-hydrogen) atoms. The van der Waals surface area contributed by atoms with Crippen molar-refractivity contribution < 1.29 is 0 Å². The minimum atomic E-state index is 0.371. The van der Waals surface area contributed by atoms with Gasteiger partial charge in [-0.3, -0.25) is 0 Å². The molecule has 1 heterocycles. The summed E-state index contributed by atoms with van der Waals surface area (Å²) in [6, 6.07) is 15.8. The number of rotatable bonds is 3. The highest BCUT2D eigenvalue weighted by atomic mass is 127. The first-order valence-electron chi connectivity index (χ1n) is 7.28. The third kappa shape index (κ3) is 2.80. The summed E-state index contributed by atoms with van der Waals surface area (Å²) in [5.41, 5.74) is 3.45. The predicted octanol–water partition coefficient (Wildman–Crippen LogP) is 4.46. The van der Waals surface area contributed by atoms with Crippen LogP contribution in [0.25, 0.3) is 22.4 Å². The van der Waals surface area contributed by atoms with Gasteiger partial charge in [-0.05, 0) is 53.3 Å². The van der Waals surface area contributed by atoms with Gasteiger partial charge in [0.2, 0.25) is 0 Å². The quantitative estimate of drug-likeness (QED) is 0.597. The fourth-order valence-electron chi connectivity index (χ4n) is 2.63. The van der Waals surface area contributed by atoms with Crippen LogP contribution in [0.5, 0.6) is 0 Å². The Hall–Kier alpha value is -2.38. The molecular formula is C18H13IN4. The van der Waals surface area contributed by atoms with E-state index in [-0.39, 0.29) is 0 Å². The molecule has 0 N–H and O–H groups in total. The molecule has 3 aromatic rings. The maximum Gasteiger partial charge on any atom is 0.141 e. The normalized spacial score (nSPS) is 10.4. The largest absolute Gasteiger partial charge is 0.324 e. The monoisotopic (exact) mass is 412 g/mol. The van der Waals surface area contributed by atoms with Crippen molar-refractivity contribution in [3.63, 3.8) is 0 Å². The van der Waals surface area contributed by atoms with Gasteiger partial charge in [-0.15, -0.1) is 0 Å². The van der Waals surface area contributed by atoms with E-state index < -0.39 is 0 Å². The van der Waals surface area contributed by atoms with Crippen LogP contribution in [0.2, 0.25) is 0 Å². The number of benzene rings is 2. The molecule has 0 fully saturated rings. The van der Waals surface area contributed by atoms with Crippen LogP contribution in [0.3, 0.4) is 0 Å². The van der Waals surface area contributed by atoms with Crippen LogP contribution >= 0.6 is 22.6 Å². The van der Waals surface area contributed by atoms with Gasteiger partial charge in [0.25, 0.3) is 0 Å². The van der Waals surface area contributed by atoms with Crippen molar-refractivity contribution in [1.82, 2.24) is 9.55 Å². The van der Waals surface area contributed by atoms with Crippen LogP contribution in [0, 0.1) is 26.2 Å². The number of nitrogens with zero attached hydrogens (tertiary/aromatic N) is 4. The molecule has 0 amide bonds. The number of aryl methyl sites for hydroxylation is 1. The van der Waals surface area contributed by atoms with Gasteiger partial charge < -0.3 is 4.57 Å². The van der Waals surface area contributed by atoms with Crippen molar-refractivity contribution in [1.29, 1.82) is 10.5 Å². The molecule has 0 unspecified atom stereocenters. The Morgan fingerprint density at radius 1 is 1.09 bits per heavy atom. The summed E-state index contributed by atoms with van der Waals surface area (Å²) in [5, 5.41) is 18.5. The van der Waals surface area contributed by atoms with E-state index in [1.807, 2.05) is 24.3 Å². The van der Waals surface area contributed by atoms with Crippen LogP contribution in [-0.4, -0.2) is 9.55 Å². The molecule has 1 aromatic heterocycles. The van der Waals surface area contributed by atoms with E-state index in [4.69, 9.17) is 4.98 Å². The highest BCUT2D eigenvalue weighted by molar-refractivity contribution is 14.1. The predicted molar refractivity (Wildman–Crippen MR) is 97.6 cm³/mol. The van der Waals surface area contributed by atoms with E-state index in [2.05, 4.69) is 46.2 Å². The van der Waals surface area contributed by atoms with E-state index in [1.54, 1.807) is 12.1 Å². The van der Waals surface area contributed by atoms with Gasteiger partial charge >= 0.3 is 0 Å². The molecule has 0 radical (unpaired) electrons. The zero-order valence-corrected chi connectivity index (χ0v) is 14.7. The van der Waals surface area contributed by atoms with Gasteiger partial charge in [-0.25, -0.2) is 4.98 Å². The highest BCUT2D eigenvalue weighted by Crippen LogP contribution is 2.27. The van der Waals surface area contributed by atoms with Crippen molar-refractivity contribution >= 4 is 33.6 Å². The van der Waals surface area contributed by atoms with E-state index >= 15 is 0 Å². The van der Waals surface area contributed by atoms with Crippen molar-refractivity contribution in [3.8, 4) is 23.5 Å². The summed E-state index contributed by atoms with van der Waals surface area (Å²) in [6.07, 6.45) is 0.963. The summed E-state index contributed by atoms with van der Waals surface area (Å²) in [6.45, 7) is 2.92. The second-order valence-electron chi connectivity index (χ2n) is 5.20. The van der Waals surface area contributed by atoms with Gasteiger partial charge in [0.05, 0.1) is 22.2 Å². The molecule has 4 nitrogen and oxygen atoms in total. The molecule has 0 aliphatic rings. The second-order valence-corrected chi connectivity index (χ2v) is 6.45. The Kier molecular flexibility index (Phi) is 4.31. The number of imidazole rings is 1. The first-order valence-corrected chi connectivity index (χ1v) is 8.36. The van der Waals surface area contributed by atoms with Crippen molar-refractivity contribution in [3.05, 3.63) is 51.1 Å². The molecule has 2 aromatic carbocycles. The molecule has 0 spiro atoms. The van der Waals surface area contributed by atoms with Crippen LogP contribution < -0.4 is 0 Å². The van der Waals surface area contributed by atoms with E-state index in [0.29, 0.717) is 11.1 Å². The molecule has 3 rings (SSSR count). The van der Waals surface area contributed by atoms with Crippen LogP contribution in [0.1, 0.15) is 24.5 Å². The summed E-state index contributed by atoms with van der Waals surface area (Å²) >= 11 is 2.27. The van der Waals surface area contributed by atoms with Crippen LogP contribution in [0.15, 0.2) is 36.4 Å². The van der Waals surface area contributed by atoms with Crippen LogP contribution in [0.4, 0.5) is 0 Å². The van der Waals surface area contributed by atoms with Gasteiger partial charge in [-0.2, -0.15) is 10.5 Å². The lowest BCUT2D eigenvalue weighted by Gasteiger charge is -2.08. The third-order valence-electron chi connectivity index (χ3n) is 3.68. The topological polar surface area (TPSA) is 65.4 Å². The Bertz CT molecular complexity index is 956. The molecule has 0 aliphatic carbocycles. The van der Waals surface area contributed by atoms with E-state index in [9.17, 15) is 10.5 Å². The summed E-state index contributed by atoms with van der Waals surface area (Å²) in [7, 11) is 0. The molecule has 0 aliphatic heterocycles. The van der Waals surface area contributed by atoms with Gasteiger partial charge in [0.15, 0.2) is 0 Å². The van der Waals surface area contributed by atoms with Crippen molar-refractivity contribution in [2.24, 2.45) is 0 Å². The van der Waals surface area contributed by atoms with Gasteiger partial charge in [0.1, 0.15) is 18.0 Å². The zero-order valence-electron chi connectivity index (χ0n) is 12.5. The average Bonchev–Trinajstić information content (AvgIpc) is 2.92. The van der Waals surface area contributed by atoms with Crippen LogP contribution in [-0.2, 0) is 6.54 Å². The molecule has 0 atom stereocenters. The third-order valence-corrected chi connectivity index (χ3v) is 4.40. The number of fused-ring (bicyclic) bond motifs is 1. The maximum atomic E-state index is 9.25. The Morgan fingerprint density at radius 2 is 1.74 bits per heavy atom. The number of aromatic nitrogens is 2. The first-order chi connectivity index (χ1) is 11.2. The maximum absolute atomic E-state index is 9.25. The minimum Gasteiger partial charge on any atom is -0.324 e. The Balaban J connectivity index is 2.30. The minimum absolute atomic E-state index is 0.371. The zero-order chi connectivity index (χ0) is 16.4. The lowest BCUT2D eigenvalue weighted by molar-refractivity contribution is 0.704. The number of hydrogen-bond acceptors (Lipinski definition) is 3. The fourth-order valence-corrected chi connectivity index (χ4v) is 2.98.